The van der Waals surface area contributed by atoms with E-state index < -0.39 is 15.8 Å². The van der Waals surface area contributed by atoms with Gasteiger partial charge in [-0.1, -0.05) is 0 Å². The van der Waals surface area contributed by atoms with Gasteiger partial charge in [-0.3, -0.25) is 9.59 Å². The molecule has 1 fully saturated rings. The largest absolute Gasteiger partial charge is 0.326 e. The average molecular weight is 293 g/mol. The molecule has 2 aliphatic heterocycles. The molecule has 1 amide bonds. The van der Waals surface area contributed by atoms with Gasteiger partial charge in [0.05, 0.1) is 11.5 Å². The van der Waals surface area contributed by atoms with Crippen molar-refractivity contribution in [3.05, 3.63) is 29.3 Å². The van der Waals surface area contributed by atoms with Crippen molar-refractivity contribution in [3.8, 4) is 0 Å². The van der Waals surface area contributed by atoms with Gasteiger partial charge in [-0.05, 0) is 36.6 Å². The maximum Gasteiger partial charge on any atom is 0.224 e. The Kier molecular flexibility index (Phi) is 3.12. The predicted molar refractivity (Wildman–Crippen MR) is 74.5 cm³/mol. The minimum Gasteiger partial charge on any atom is -0.326 e. The first-order chi connectivity index (χ1) is 9.44. The fourth-order valence-corrected chi connectivity index (χ4v) is 4.52. The molecule has 0 spiro atoms. The molecule has 106 valence electrons. The molecule has 1 saturated heterocycles. The second kappa shape index (κ2) is 4.70. The summed E-state index contributed by atoms with van der Waals surface area (Å²) in [6, 6.07) is 5.17. The molecule has 1 atom stereocenters. The maximum absolute atomic E-state index is 12.3. The molecule has 1 N–H and O–H groups in total. The third kappa shape index (κ3) is 2.47. The van der Waals surface area contributed by atoms with Crippen molar-refractivity contribution in [3.63, 3.8) is 0 Å². The number of nitrogens with one attached hydrogen (secondary N) is 1. The first kappa shape index (κ1) is 13.3. The molecular weight excluding hydrogens is 278 g/mol. The Morgan fingerprint density at radius 1 is 1.25 bits per heavy atom. The van der Waals surface area contributed by atoms with Crippen LogP contribution in [0.5, 0.6) is 0 Å². The van der Waals surface area contributed by atoms with Crippen LogP contribution < -0.4 is 5.32 Å². The first-order valence-corrected chi connectivity index (χ1v) is 8.44. The van der Waals surface area contributed by atoms with E-state index in [2.05, 4.69) is 5.32 Å². The lowest BCUT2D eigenvalue weighted by Crippen LogP contribution is -2.20. The summed E-state index contributed by atoms with van der Waals surface area (Å²) in [6.07, 6.45) is 1.45. The molecule has 6 heteroatoms. The Morgan fingerprint density at radius 2 is 2.05 bits per heavy atom. The lowest BCUT2D eigenvalue weighted by Gasteiger charge is -2.18. The standard InChI is InChI=1S/C14H15NO4S/c16-13-4-2-9-7-10(1-3-12(9)15-13)14(17)11-5-6-20(18,19)8-11/h1,3,7,11H,2,4-6,8H2,(H,15,16). The fraction of sp³-hybridized carbons (Fsp3) is 0.429. The number of hydrogen-bond donors (Lipinski definition) is 1. The maximum atomic E-state index is 12.3. The molecule has 1 aromatic carbocycles. The van der Waals surface area contributed by atoms with E-state index in [0.29, 0.717) is 24.8 Å². The van der Waals surface area contributed by atoms with E-state index in [9.17, 15) is 18.0 Å². The Morgan fingerprint density at radius 3 is 2.75 bits per heavy atom. The summed E-state index contributed by atoms with van der Waals surface area (Å²) < 4.78 is 22.9. The number of ketones is 1. The van der Waals surface area contributed by atoms with Crippen molar-refractivity contribution in [2.45, 2.75) is 19.3 Å². The number of fused-ring (bicyclic) bond motifs is 1. The molecule has 20 heavy (non-hydrogen) atoms. The monoisotopic (exact) mass is 293 g/mol. The summed E-state index contributed by atoms with van der Waals surface area (Å²) in [5.74, 6) is -0.482. The smallest absolute Gasteiger partial charge is 0.224 e. The fourth-order valence-electron chi connectivity index (χ4n) is 2.77. The number of benzene rings is 1. The zero-order valence-electron chi connectivity index (χ0n) is 10.9. The second-order valence-corrected chi connectivity index (χ2v) is 7.61. The van der Waals surface area contributed by atoms with E-state index in [-0.39, 0.29) is 23.2 Å². The minimum atomic E-state index is -3.05. The van der Waals surface area contributed by atoms with Crippen LogP contribution in [0.3, 0.4) is 0 Å². The molecule has 0 bridgehead atoms. The highest BCUT2D eigenvalue weighted by Gasteiger charge is 2.33. The summed E-state index contributed by atoms with van der Waals surface area (Å²) in [5, 5.41) is 2.76. The van der Waals surface area contributed by atoms with Gasteiger partial charge in [0.15, 0.2) is 15.6 Å². The lowest BCUT2D eigenvalue weighted by atomic mass is 9.93. The van der Waals surface area contributed by atoms with Crippen LogP contribution in [0.1, 0.15) is 28.8 Å². The van der Waals surface area contributed by atoms with E-state index in [0.717, 1.165) is 11.3 Å². The first-order valence-electron chi connectivity index (χ1n) is 6.62. The number of carbonyl (C=O) groups excluding carboxylic acids is 2. The summed E-state index contributed by atoms with van der Waals surface area (Å²) in [7, 11) is -3.05. The third-order valence-corrected chi connectivity index (χ3v) is 5.66. The summed E-state index contributed by atoms with van der Waals surface area (Å²) in [5.41, 5.74) is 2.23. The van der Waals surface area contributed by atoms with Crippen LogP contribution in [0.2, 0.25) is 0 Å². The number of hydrogen-bond acceptors (Lipinski definition) is 4. The number of carbonyl (C=O) groups is 2. The van der Waals surface area contributed by atoms with Crippen LogP contribution in [0, 0.1) is 5.92 Å². The highest BCUT2D eigenvalue weighted by Crippen LogP contribution is 2.27. The SMILES string of the molecule is O=C1CCc2cc(C(=O)C3CCS(=O)(=O)C3)ccc2N1. The molecule has 1 unspecified atom stereocenters. The molecule has 1 aromatic rings. The van der Waals surface area contributed by atoms with E-state index in [4.69, 9.17) is 0 Å². The topological polar surface area (TPSA) is 80.3 Å². The molecule has 3 rings (SSSR count). The Hall–Kier alpha value is -1.69. The molecule has 2 heterocycles. The zero-order chi connectivity index (χ0) is 14.3. The van der Waals surface area contributed by atoms with E-state index in [1.165, 1.54) is 0 Å². The second-order valence-electron chi connectivity index (χ2n) is 5.38. The molecule has 0 aliphatic carbocycles. The van der Waals surface area contributed by atoms with Crippen molar-refractivity contribution < 1.29 is 18.0 Å². The van der Waals surface area contributed by atoms with Gasteiger partial charge in [-0.25, -0.2) is 8.42 Å². The van der Waals surface area contributed by atoms with Crippen LogP contribution in [0.15, 0.2) is 18.2 Å². The summed E-state index contributed by atoms with van der Waals surface area (Å²) in [4.78, 5) is 23.6. The van der Waals surface area contributed by atoms with Gasteiger partial charge >= 0.3 is 0 Å². The normalized spacial score (nSPS) is 24.0. The van der Waals surface area contributed by atoms with Crippen LogP contribution >= 0.6 is 0 Å². The van der Waals surface area contributed by atoms with Gasteiger partial charge in [0.25, 0.3) is 0 Å². The highest BCUT2D eigenvalue weighted by molar-refractivity contribution is 7.91. The van der Waals surface area contributed by atoms with Crippen LogP contribution in [0.25, 0.3) is 0 Å². The highest BCUT2D eigenvalue weighted by atomic mass is 32.2. The van der Waals surface area contributed by atoms with E-state index in [1.54, 1.807) is 18.2 Å². The molecular formula is C14H15NO4S. The van der Waals surface area contributed by atoms with Gasteiger partial charge in [0.1, 0.15) is 0 Å². The van der Waals surface area contributed by atoms with Gasteiger partial charge in [0.2, 0.25) is 5.91 Å². The molecule has 0 saturated carbocycles. The number of anilines is 1. The molecule has 0 aromatic heterocycles. The Labute approximate surface area is 117 Å². The van der Waals surface area contributed by atoms with Gasteiger partial charge in [0, 0.05) is 23.6 Å². The summed E-state index contributed by atoms with van der Waals surface area (Å²) in [6.45, 7) is 0. The summed E-state index contributed by atoms with van der Waals surface area (Å²) >= 11 is 0. The van der Waals surface area contributed by atoms with Gasteiger partial charge in [-0.2, -0.15) is 0 Å². The lowest BCUT2D eigenvalue weighted by molar-refractivity contribution is -0.116. The van der Waals surface area contributed by atoms with Crippen molar-refractivity contribution in [1.29, 1.82) is 0 Å². The van der Waals surface area contributed by atoms with Crippen molar-refractivity contribution >= 4 is 27.2 Å². The number of amides is 1. The van der Waals surface area contributed by atoms with Crippen LogP contribution in [-0.4, -0.2) is 31.6 Å². The van der Waals surface area contributed by atoms with Crippen LogP contribution in [-0.2, 0) is 21.1 Å². The van der Waals surface area contributed by atoms with Gasteiger partial charge < -0.3 is 5.32 Å². The zero-order valence-corrected chi connectivity index (χ0v) is 11.7. The van der Waals surface area contributed by atoms with Crippen LogP contribution in [0.4, 0.5) is 5.69 Å². The van der Waals surface area contributed by atoms with Crippen molar-refractivity contribution in [2.75, 3.05) is 16.8 Å². The molecule has 2 aliphatic rings. The quantitative estimate of drug-likeness (QED) is 0.831. The molecule has 5 nitrogen and oxygen atoms in total. The van der Waals surface area contributed by atoms with E-state index in [1.807, 2.05) is 0 Å². The van der Waals surface area contributed by atoms with Gasteiger partial charge in [-0.15, -0.1) is 0 Å². The predicted octanol–water partition coefficient (Wildman–Crippen LogP) is 1.19. The van der Waals surface area contributed by atoms with Crippen molar-refractivity contribution in [1.82, 2.24) is 0 Å². The Bertz CT molecular complexity index is 693. The number of aryl methyl sites for hydroxylation is 1. The number of Topliss-reactive ketones (excluding diaryl/α,β-unsaturated/α-hetero) is 1. The number of rotatable bonds is 2. The van der Waals surface area contributed by atoms with Crippen molar-refractivity contribution in [2.24, 2.45) is 5.92 Å². The molecule has 0 radical (unpaired) electrons. The average Bonchev–Trinajstić information content (AvgIpc) is 2.77. The Balaban J connectivity index is 1.85. The minimum absolute atomic E-state index is 0.0153. The van der Waals surface area contributed by atoms with E-state index >= 15 is 0 Å². The number of sulfone groups is 1. The third-order valence-electron chi connectivity index (χ3n) is 3.89.